The van der Waals surface area contributed by atoms with Gasteiger partial charge >= 0.3 is 0 Å². The summed E-state index contributed by atoms with van der Waals surface area (Å²) in [5.41, 5.74) is 0.879. The molecule has 3 aromatic rings. The lowest BCUT2D eigenvalue weighted by Crippen LogP contribution is -2.27. The normalized spacial score (nSPS) is 11.1. The van der Waals surface area contributed by atoms with Crippen molar-refractivity contribution in [3.05, 3.63) is 56.2 Å². The zero-order valence-corrected chi connectivity index (χ0v) is 13.2. The van der Waals surface area contributed by atoms with Gasteiger partial charge in [0.15, 0.2) is 6.20 Å². The van der Waals surface area contributed by atoms with Gasteiger partial charge in [-0.05, 0) is 37.2 Å². The van der Waals surface area contributed by atoms with Crippen LogP contribution < -0.4 is 10.3 Å². The third-order valence-corrected chi connectivity index (χ3v) is 5.36. The van der Waals surface area contributed by atoms with Gasteiger partial charge in [0.2, 0.25) is 0 Å². The second-order valence-corrected chi connectivity index (χ2v) is 6.83. The van der Waals surface area contributed by atoms with Gasteiger partial charge in [0.25, 0.3) is 10.6 Å². The van der Waals surface area contributed by atoms with Gasteiger partial charge in [-0.15, -0.1) is 11.3 Å². The van der Waals surface area contributed by atoms with Gasteiger partial charge in [0.05, 0.1) is 11.1 Å². The minimum Gasteiger partial charge on any atom is -0.618 e. The molecule has 21 heavy (non-hydrogen) atoms. The summed E-state index contributed by atoms with van der Waals surface area (Å²) < 4.78 is 0.806. The number of nitrogens with zero attached hydrogens (tertiary/aromatic N) is 2. The van der Waals surface area contributed by atoms with Crippen molar-refractivity contribution >= 4 is 33.3 Å². The SMILES string of the molecule is Cc1sc2nc(CSc3cccc[n+]3[O-])[nH]c(=O)c2c1C. The van der Waals surface area contributed by atoms with Crippen molar-refractivity contribution in [3.8, 4) is 0 Å². The molecule has 0 fully saturated rings. The van der Waals surface area contributed by atoms with Gasteiger partial charge < -0.3 is 10.2 Å². The van der Waals surface area contributed by atoms with Gasteiger partial charge in [-0.2, -0.15) is 4.73 Å². The van der Waals surface area contributed by atoms with Crippen LogP contribution in [-0.2, 0) is 5.75 Å². The summed E-state index contributed by atoms with van der Waals surface area (Å²) >= 11 is 2.88. The third kappa shape index (κ3) is 2.66. The maximum absolute atomic E-state index is 12.1. The molecule has 0 aliphatic rings. The Kier molecular flexibility index (Phi) is 3.69. The fraction of sp³-hybridized carbons (Fsp3) is 0.214. The van der Waals surface area contributed by atoms with E-state index in [2.05, 4.69) is 9.97 Å². The molecular formula is C14H13N3O2S2. The second-order valence-electron chi connectivity index (χ2n) is 4.63. The number of aromatic nitrogens is 3. The predicted octanol–water partition coefficient (Wildman–Crippen LogP) is 2.53. The summed E-state index contributed by atoms with van der Waals surface area (Å²) in [5.74, 6) is 1.04. The van der Waals surface area contributed by atoms with Crippen molar-refractivity contribution in [1.82, 2.24) is 9.97 Å². The number of rotatable bonds is 3. The summed E-state index contributed by atoms with van der Waals surface area (Å²) in [4.78, 5) is 21.3. The van der Waals surface area contributed by atoms with Crippen LogP contribution in [0.5, 0.6) is 0 Å². The number of H-pyrrole nitrogens is 1. The first-order valence-corrected chi connectivity index (χ1v) is 8.16. The highest BCUT2D eigenvalue weighted by Crippen LogP contribution is 2.26. The molecule has 0 atom stereocenters. The Morgan fingerprint density at radius 1 is 1.43 bits per heavy atom. The molecule has 3 aromatic heterocycles. The number of aryl methyl sites for hydroxylation is 2. The molecule has 0 saturated carbocycles. The number of thioether (sulfide) groups is 1. The fourth-order valence-corrected chi connectivity index (χ4v) is 3.87. The molecule has 0 aromatic carbocycles. The molecule has 0 bridgehead atoms. The standard InChI is InChI=1S/C14H13N3O2S2/c1-8-9(2)21-14-12(8)13(18)15-10(16-14)7-20-11-5-3-4-6-17(11)19/h3-6H,7H2,1-2H3,(H,15,16,18). The highest BCUT2D eigenvalue weighted by molar-refractivity contribution is 7.98. The number of thiophene rings is 1. The second kappa shape index (κ2) is 5.50. The van der Waals surface area contributed by atoms with Crippen molar-refractivity contribution in [3.63, 3.8) is 0 Å². The Balaban J connectivity index is 1.92. The van der Waals surface area contributed by atoms with E-state index in [-0.39, 0.29) is 5.56 Å². The largest absolute Gasteiger partial charge is 0.618 e. The molecule has 3 rings (SSSR count). The average molecular weight is 319 g/mol. The monoisotopic (exact) mass is 319 g/mol. The van der Waals surface area contributed by atoms with Crippen LogP contribution in [0.15, 0.2) is 34.2 Å². The minimum atomic E-state index is -0.111. The lowest BCUT2D eigenvalue weighted by atomic mass is 10.2. The van der Waals surface area contributed by atoms with Crippen LogP contribution in [0.3, 0.4) is 0 Å². The van der Waals surface area contributed by atoms with Crippen molar-refractivity contribution < 1.29 is 4.73 Å². The maximum atomic E-state index is 12.1. The smallest absolute Gasteiger partial charge is 0.259 e. The average Bonchev–Trinajstić information content (AvgIpc) is 2.73. The van der Waals surface area contributed by atoms with E-state index in [0.717, 1.165) is 20.0 Å². The zero-order chi connectivity index (χ0) is 15.0. The first-order valence-electron chi connectivity index (χ1n) is 6.36. The van der Waals surface area contributed by atoms with Crippen LogP contribution in [0.4, 0.5) is 0 Å². The van der Waals surface area contributed by atoms with Crippen molar-refractivity contribution in [2.45, 2.75) is 24.6 Å². The van der Waals surface area contributed by atoms with E-state index in [1.165, 1.54) is 29.3 Å². The Bertz CT molecular complexity index is 870. The van der Waals surface area contributed by atoms with E-state index in [1.807, 2.05) is 19.9 Å². The number of aromatic amines is 1. The van der Waals surface area contributed by atoms with E-state index in [9.17, 15) is 10.0 Å². The molecule has 0 aliphatic heterocycles. The first-order chi connectivity index (χ1) is 10.1. The van der Waals surface area contributed by atoms with Crippen LogP contribution in [0.1, 0.15) is 16.3 Å². The van der Waals surface area contributed by atoms with Gasteiger partial charge in [0.1, 0.15) is 10.7 Å². The number of pyridine rings is 1. The van der Waals surface area contributed by atoms with Gasteiger partial charge in [-0.3, -0.25) is 4.79 Å². The Hall–Kier alpha value is -1.86. The van der Waals surface area contributed by atoms with E-state index < -0.39 is 0 Å². The van der Waals surface area contributed by atoms with Crippen LogP contribution in [0.2, 0.25) is 0 Å². The Morgan fingerprint density at radius 2 is 2.24 bits per heavy atom. The van der Waals surface area contributed by atoms with Crippen LogP contribution in [0, 0.1) is 19.1 Å². The molecule has 7 heteroatoms. The van der Waals surface area contributed by atoms with E-state index >= 15 is 0 Å². The molecule has 3 heterocycles. The van der Waals surface area contributed by atoms with Crippen LogP contribution in [0.25, 0.3) is 10.2 Å². The van der Waals surface area contributed by atoms with E-state index in [0.29, 0.717) is 22.0 Å². The van der Waals surface area contributed by atoms with Gasteiger partial charge in [-0.1, -0.05) is 0 Å². The summed E-state index contributed by atoms with van der Waals surface area (Å²) in [6.45, 7) is 3.92. The molecule has 108 valence electrons. The first kappa shape index (κ1) is 14.1. The lowest BCUT2D eigenvalue weighted by molar-refractivity contribution is -0.645. The summed E-state index contributed by atoms with van der Waals surface area (Å²) in [6.07, 6.45) is 1.45. The molecule has 0 aliphatic carbocycles. The summed E-state index contributed by atoms with van der Waals surface area (Å²) in [5, 5.41) is 12.8. The topological polar surface area (TPSA) is 72.7 Å². The molecular weight excluding hydrogens is 306 g/mol. The van der Waals surface area contributed by atoms with E-state index in [4.69, 9.17) is 0 Å². The van der Waals surface area contributed by atoms with Gasteiger partial charge in [-0.25, -0.2) is 4.98 Å². The predicted molar refractivity (Wildman–Crippen MR) is 84.7 cm³/mol. The summed E-state index contributed by atoms with van der Waals surface area (Å²) in [6, 6.07) is 5.23. The molecule has 0 amide bonds. The third-order valence-electron chi connectivity index (χ3n) is 3.23. The quantitative estimate of drug-likeness (QED) is 0.457. The van der Waals surface area contributed by atoms with E-state index in [1.54, 1.807) is 12.1 Å². The van der Waals surface area contributed by atoms with Crippen LogP contribution in [-0.4, -0.2) is 9.97 Å². The fourth-order valence-electron chi connectivity index (χ4n) is 2.03. The molecule has 0 saturated heterocycles. The maximum Gasteiger partial charge on any atom is 0.259 e. The minimum absolute atomic E-state index is 0.111. The number of fused-ring (bicyclic) bond motifs is 1. The van der Waals surface area contributed by atoms with Crippen molar-refractivity contribution in [2.75, 3.05) is 0 Å². The number of nitrogens with one attached hydrogen (secondary N) is 1. The highest BCUT2D eigenvalue weighted by Gasteiger charge is 2.13. The molecule has 0 radical (unpaired) electrons. The molecule has 5 nitrogen and oxygen atoms in total. The highest BCUT2D eigenvalue weighted by atomic mass is 32.2. The molecule has 0 unspecified atom stereocenters. The molecule has 0 spiro atoms. The number of hydrogen-bond donors (Lipinski definition) is 1. The lowest BCUT2D eigenvalue weighted by Gasteiger charge is -2.03. The Labute approximate surface area is 129 Å². The van der Waals surface area contributed by atoms with Gasteiger partial charge in [0, 0.05) is 17.0 Å². The zero-order valence-electron chi connectivity index (χ0n) is 11.5. The molecule has 1 N–H and O–H groups in total. The van der Waals surface area contributed by atoms with Crippen molar-refractivity contribution in [1.29, 1.82) is 0 Å². The van der Waals surface area contributed by atoms with Crippen molar-refractivity contribution in [2.24, 2.45) is 0 Å². The number of hydrogen-bond acceptors (Lipinski definition) is 5. The van der Waals surface area contributed by atoms with Crippen LogP contribution >= 0.6 is 23.1 Å². The Morgan fingerprint density at radius 3 is 3.00 bits per heavy atom. The summed E-state index contributed by atoms with van der Waals surface area (Å²) in [7, 11) is 0.